The van der Waals surface area contributed by atoms with Crippen LogP contribution in [0.25, 0.3) is 0 Å². The average Bonchev–Trinajstić information content (AvgIpc) is 2.59. The Hall–Kier alpha value is -3.11. The smallest absolute Gasteiger partial charge is 0.270 e. The van der Waals surface area contributed by atoms with Crippen LogP contribution in [-0.2, 0) is 0 Å². The van der Waals surface area contributed by atoms with Gasteiger partial charge in [0.05, 0.1) is 29.4 Å². The molecule has 0 saturated heterocycles. The van der Waals surface area contributed by atoms with Crippen LogP contribution in [0.2, 0.25) is 0 Å². The molecule has 0 aromatic heterocycles. The first kappa shape index (κ1) is 16.3. The second-order valence-corrected chi connectivity index (χ2v) is 4.74. The molecule has 7 nitrogen and oxygen atoms in total. The second-order valence-electron chi connectivity index (χ2n) is 4.74. The number of anilines is 1. The maximum absolute atomic E-state index is 10.7. The van der Waals surface area contributed by atoms with Gasteiger partial charge < -0.3 is 15.2 Å². The van der Waals surface area contributed by atoms with E-state index in [2.05, 4.69) is 5.32 Å². The molecule has 118 valence electrons. The van der Waals surface area contributed by atoms with E-state index in [-0.39, 0.29) is 17.8 Å². The number of nitro groups is 1. The van der Waals surface area contributed by atoms with Crippen LogP contribution in [0, 0.1) is 21.4 Å². The number of non-ortho nitro benzene ring substituents is 1. The number of nitrogens with one attached hydrogen (secondary N) is 1. The summed E-state index contributed by atoms with van der Waals surface area (Å²) in [6.45, 7) is 0.132. The number of para-hydroxylation sites is 1. The van der Waals surface area contributed by atoms with E-state index in [0.29, 0.717) is 17.0 Å². The fraction of sp³-hybridized carbons (Fsp3) is 0.188. The molecular weight excluding hydrogens is 298 g/mol. The van der Waals surface area contributed by atoms with E-state index in [9.17, 15) is 15.2 Å². The minimum atomic E-state index is -0.854. The molecule has 2 aromatic carbocycles. The number of ether oxygens (including phenoxy) is 1. The van der Waals surface area contributed by atoms with Crippen molar-refractivity contribution in [3.05, 3.63) is 63.7 Å². The summed E-state index contributed by atoms with van der Waals surface area (Å²) in [5.41, 5.74) is 1.03. The molecule has 0 spiro atoms. The summed E-state index contributed by atoms with van der Waals surface area (Å²) in [7, 11) is 1.52. The molecule has 0 fully saturated rings. The van der Waals surface area contributed by atoms with Gasteiger partial charge in [0.1, 0.15) is 11.8 Å². The van der Waals surface area contributed by atoms with Crippen molar-refractivity contribution >= 4 is 11.4 Å². The molecule has 0 aliphatic carbocycles. The van der Waals surface area contributed by atoms with E-state index in [1.54, 1.807) is 24.3 Å². The van der Waals surface area contributed by atoms with Crippen molar-refractivity contribution in [3.8, 4) is 11.8 Å². The fourth-order valence-electron chi connectivity index (χ4n) is 2.15. The predicted molar refractivity (Wildman–Crippen MR) is 84.3 cm³/mol. The van der Waals surface area contributed by atoms with Crippen LogP contribution in [0.5, 0.6) is 5.75 Å². The van der Waals surface area contributed by atoms with Crippen LogP contribution in [0.3, 0.4) is 0 Å². The van der Waals surface area contributed by atoms with Crippen LogP contribution >= 0.6 is 0 Å². The second kappa shape index (κ2) is 7.24. The number of hydrogen-bond donors (Lipinski definition) is 2. The Morgan fingerprint density at radius 1 is 1.39 bits per heavy atom. The minimum absolute atomic E-state index is 0.132. The van der Waals surface area contributed by atoms with E-state index in [0.717, 1.165) is 0 Å². The summed E-state index contributed by atoms with van der Waals surface area (Å²) in [5.74, 6) is 0.561. The number of aliphatic hydroxyl groups is 1. The number of hydrogen-bond acceptors (Lipinski definition) is 6. The van der Waals surface area contributed by atoms with Gasteiger partial charge in [-0.3, -0.25) is 10.1 Å². The van der Waals surface area contributed by atoms with E-state index < -0.39 is 11.0 Å². The zero-order chi connectivity index (χ0) is 16.8. The highest BCUT2D eigenvalue weighted by Gasteiger charge is 2.15. The van der Waals surface area contributed by atoms with Crippen molar-refractivity contribution in [2.24, 2.45) is 0 Å². The number of rotatable bonds is 6. The molecule has 2 N–H and O–H groups in total. The Bertz CT molecular complexity index is 755. The molecule has 0 bridgehead atoms. The van der Waals surface area contributed by atoms with Crippen LogP contribution in [0.15, 0.2) is 42.5 Å². The lowest BCUT2D eigenvalue weighted by Gasteiger charge is -2.16. The summed E-state index contributed by atoms with van der Waals surface area (Å²) in [6.07, 6.45) is -0.854. The quantitative estimate of drug-likeness (QED) is 0.627. The molecule has 0 aliphatic rings. The van der Waals surface area contributed by atoms with Gasteiger partial charge in [0.2, 0.25) is 0 Å². The Morgan fingerprint density at radius 3 is 2.78 bits per heavy atom. The minimum Gasteiger partial charge on any atom is -0.496 e. The van der Waals surface area contributed by atoms with Gasteiger partial charge in [-0.2, -0.15) is 5.26 Å². The van der Waals surface area contributed by atoms with E-state index in [4.69, 9.17) is 10.00 Å². The number of methoxy groups -OCH3 is 1. The van der Waals surface area contributed by atoms with Crippen molar-refractivity contribution in [2.75, 3.05) is 19.0 Å². The first-order valence-corrected chi connectivity index (χ1v) is 6.80. The summed E-state index contributed by atoms with van der Waals surface area (Å²) in [4.78, 5) is 10.2. The number of aliphatic hydroxyl groups excluding tert-OH is 1. The Labute approximate surface area is 132 Å². The lowest BCUT2D eigenvalue weighted by molar-refractivity contribution is -0.384. The Kier molecular flexibility index (Phi) is 5.12. The van der Waals surface area contributed by atoms with Gasteiger partial charge >= 0.3 is 0 Å². The highest BCUT2D eigenvalue weighted by Crippen LogP contribution is 2.26. The Balaban J connectivity index is 2.14. The number of nitriles is 1. The summed E-state index contributed by atoms with van der Waals surface area (Å²) >= 11 is 0. The van der Waals surface area contributed by atoms with Gasteiger partial charge in [0, 0.05) is 24.2 Å². The topological polar surface area (TPSA) is 108 Å². The molecule has 23 heavy (non-hydrogen) atoms. The molecule has 0 heterocycles. The summed E-state index contributed by atoms with van der Waals surface area (Å²) in [6, 6.07) is 12.9. The van der Waals surface area contributed by atoms with Crippen molar-refractivity contribution in [1.29, 1.82) is 5.26 Å². The van der Waals surface area contributed by atoms with E-state index in [1.807, 2.05) is 6.07 Å². The first-order chi connectivity index (χ1) is 11.1. The van der Waals surface area contributed by atoms with Crippen molar-refractivity contribution in [3.63, 3.8) is 0 Å². The molecule has 0 saturated carbocycles. The summed E-state index contributed by atoms with van der Waals surface area (Å²) < 4.78 is 5.19. The SMILES string of the molecule is COc1ccccc1[C@H](O)CNc1ccc([N+](=O)[O-])cc1C#N. The van der Waals surface area contributed by atoms with Gasteiger partial charge in [0.25, 0.3) is 5.69 Å². The maximum atomic E-state index is 10.7. The predicted octanol–water partition coefficient (Wildman–Crippen LogP) is 2.62. The zero-order valence-electron chi connectivity index (χ0n) is 12.4. The zero-order valence-corrected chi connectivity index (χ0v) is 12.4. The van der Waals surface area contributed by atoms with Crippen LogP contribution in [0.1, 0.15) is 17.2 Å². The highest BCUT2D eigenvalue weighted by molar-refractivity contribution is 5.61. The lowest BCUT2D eigenvalue weighted by atomic mass is 10.1. The van der Waals surface area contributed by atoms with Crippen LogP contribution in [-0.4, -0.2) is 23.7 Å². The molecule has 7 heteroatoms. The Morgan fingerprint density at radius 2 is 2.13 bits per heavy atom. The molecule has 0 unspecified atom stereocenters. The largest absolute Gasteiger partial charge is 0.496 e. The first-order valence-electron chi connectivity index (χ1n) is 6.80. The lowest BCUT2D eigenvalue weighted by Crippen LogP contribution is -2.13. The number of benzene rings is 2. The summed E-state index contributed by atoms with van der Waals surface area (Å²) in [5, 5.41) is 33.0. The van der Waals surface area contributed by atoms with Crippen molar-refractivity contribution < 1.29 is 14.8 Å². The van der Waals surface area contributed by atoms with Crippen LogP contribution in [0.4, 0.5) is 11.4 Å². The van der Waals surface area contributed by atoms with Crippen molar-refractivity contribution in [1.82, 2.24) is 0 Å². The number of nitrogens with zero attached hydrogens (tertiary/aromatic N) is 2. The molecule has 2 aromatic rings. The molecule has 0 radical (unpaired) electrons. The molecule has 0 amide bonds. The van der Waals surface area contributed by atoms with Gasteiger partial charge in [-0.25, -0.2) is 0 Å². The third-order valence-corrected chi connectivity index (χ3v) is 3.32. The standard InChI is InChI=1S/C16H15N3O4/c1-23-16-5-3-2-4-13(16)15(20)10-18-14-7-6-12(19(21)22)8-11(14)9-17/h2-8,15,18,20H,10H2,1H3/t15-/m1/s1. The third-order valence-electron chi connectivity index (χ3n) is 3.32. The third kappa shape index (κ3) is 3.75. The highest BCUT2D eigenvalue weighted by atomic mass is 16.6. The van der Waals surface area contributed by atoms with E-state index in [1.165, 1.54) is 25.3 Å². The van der Waals surface area contributed by atoms with E-state index >= 15 is 0 Å². The van der Waals surface area contributed by atoms with Gasteiger partial charge in [-0.15, -0.1) is 0 Å². The molecule has 1 atom stereocenters. The average molecular weight is 313 g/mol. The van der Waals surface area contributed by atoms with Gasteiger partial charge in [0.15, 0.2) is 0 Å². The van der Waals surface area contributed by atoms with Crippen molar-refractivity contribution in [2.45, 2.75) is 6.10 Å². The fourth-order valence-corrected chi connectivity index (χ4v) is 2.15. The normalized spacial score (nSPS) is 11.3. The molecule has 0 aliphatic heterocycles. The number of nitro benzene ring substituents is 1. The maximum Gasteiger partial charge on any atom is 0.270 e. The van der Waals surface area contributed by atoms with Gasteiger partial charge in [-0.1, -0.05) is 18.2 Å². The monoisotopic (exact) mass is 313 g/mol. The van der Waals surface area contributed by atoms with Crippen LogP contribution < -0.4 is 10.1 Å². The molecular formula is C16H15N3O4. The van der Waals surface area contributed by atoms with Gasteiger partial charge in [-0.05, 0) is 12.1 Å². The molecule has 2 rings (SSSR count).